The van der Waals surface area contributed by atoms with Crippen molar-refractivity contribution in [3.8, 4) is 0 Å². The molecule has 1 rings (SSSR count). The summed E-state index contributed by atoms with van der Waals surface area (Å²) in [7, 11) is 1.30. The Morgan fingerprint density at radius 1 is 1.31 bits per heavy atom. The highest BCUT2D eigenvalue weighted by Gasteiger charge is 2.04. The van der Waals surface area contributed by atoms with E-state index in [2.05, 4.69) is 11.3 Å². The molecule has 0 saturated heterocycles. The molecule has 2 nitrogen and oxygen atoms in total. The van der Waals surface area contributed by atoms with E-state index in [0.717, 1.165) is 0 Å². The number of hydrogen-bond donors (Lipinski definition) is 0. The minimum absolute atomic E-state index is 0.368. The van der Waals surface area contributed by atoms with Gasteiger partial charge >= 0.3 is 5.97 Å². The zero-order chi connectivity index (χ0) is 9.84. The summed E-state index contributed by atoms with van der Waals surface area (Å²) in [5, 5.41) is 0. The van der Waals surface area contributed by atoms with Gasteiger partial charge in [0.05, 0.1) is 12.7 Å². The number of ether oxygens (including phenoxy) is 1. The molecule has 3 heteroatoms. The molecule has 1 aromatic rings. The fraction of sp³-hybridized carbons (Fsp3) is 0.100. The van der Waals surface area contributed by atoms with E-state index < -0.39 is 11.8 Å². The van der Waals surface area contributed by atoms with Crippen LogP contribution in [-0.2, 0) is 4.74 Å². The largest absolute Gasteiger partial charge is 0.465 e. The average molecular weight is 180 g/mol. The zero-order valence-electron chi connectivity index (χ0n) is 7.21. The van der Waals surface area contributed by atoms with Gasteiger partial charge in [-0.2, -0.15) is 0 Å². The van der Waals surface area contributed by atoms with Crippen LogP contribution in [0.4, 0.5) is 4.39 Å². The molecule has 13 heavy (non-hydrogen) atoms. The maximum atomic E-state index is 12.5. The molecule has 0 atom stereocenters. The van der Waals surface area contributed by atoms with Gasteiger partial charge in [0.25, 0.3) is 0 Å². The molecule has 0 amide bonds. The Morgan fingerprint density at radius 3 is 2.15 bits per heavy atom. The summed E-state index contributed by atoms with van der Waals surface area (Å²) >= 11 is 0. The predicted octanol–water partition coefficient (Wildman–Crippen LogP) is 2.41. The monoisotopic (exact) mass is 180 g/mol. The Morgan fingerprint density at radius 2 is 1.77 bits per heavy atom. The second-order valence-electron chi connectivity index (χ2n) is 2.47. The van der Waals surface area contributed by atoms with E-state index in [4.69, 9.17) is 0 Å². The fourth-order valence-corrected chi connectivity index (χ4v) is 0.905. The lowest BCUT2D eigenvalue weighted by Crippen LogP contribution is -2.00. The molecule has 0 N–H and O–H groups in total. The summed E-state index contributed by atoms with van der Waals surface area (Å²) in [5.74, 6) is -0.951. The lowest BCUT2D eigenvalue weighted by Gasteiger charge is -1.99. The van der Waals surface area contributed by atoms with Crippen molar-refractivity contribution in [1.29, 1.82) is 0 Å². The summed E-state index contributed by atoms with van der Waals surface area (Å²) in [5.41, 5.74) is 0.764. The van der Waals surface area contributed by atoms with Crippen LogP contribution in [0.15, 0.2) is 30.8 Å². The lowest BCUT2D eigenvalue weighted by molar-refractivity contribution is 0.0600. The first-order chi connectivity index (χ1) is 6.15. The Labute approximate surface area is 75.6 Å². The van der Waals surface area contributed by atoms with Crippen LogP contribution in [-0.4, -0.2) is 13.1 Å². The Hall–Kier alpha value is -1.64. The molecule has 0 aromatic heterocycles. The van der Waals surface area contributed by atoms with Crippen molar-refractivity contribution in [1.82, 2.24) is 0 Å². The highest BCUT2D eigenvalue weighted by molar-refractivity contribution is 5.89. The minimum Gasteiger partial charge on any atom is -0.465 e. The van der Waals surface area contributed by atoms with Gasteiger partial charge in [-0.15, -0.1) is 0 Å². The zero-order valence-corrected chi connectivity index (χ0v) is 7.21. The SMILES string of the molecule is C=C(F)c1ccc(C(=O)OC)cc1. The van der Waals surface area contributed by atoms with E-state index in [1.165, 1.54) is 31.4 Å². The van der Waals surface area contributed by atoms with Gasteiger partial charge in [0.2, 0.25) is 0 Å². The number of carbonyl (C=O) groups excluding carboxylic acids is 1. The van der Waals surface area contributed by atoms with Gasteiger partial charge in [-0.25, -0.2) is 9.18 Å². The standard InChI is InChI=1S/C10H9FO2/c1-7(11)8-3-5-9(6-4-8)10(12)13-2/h3-6H,1H2,2H3. The molecule has 1 aromatic carbocycles. The van der Waals surface area contributed by atoms with E-state index in [1.807, 2.05) is 0 Å². The quantitative estimate of drug-likeness (QED) is 0.653. The normalized spacial score (nSPS) is 9.38. The number of rotatable bonds is 2. The third-order valence-electron chi connectivity index (χ3n) is 1.62. The van der Waals surface area contributed by atoms with Gasteiger partial charge in [0, 0.05) is 5.56 Å². The van der Waals surface area contributed by atoms with E-state index in [1.54, 1.807) is 0 Å². The molecule has 0 bridgehead atoms. The molecule has 0 heterocycles. The lowest BCUT2D eigenvalue weighted by atomic mass is 10.1. The number of benzene rings is 1. The van der Waals surface area contributed by atoms with Crippen LogP contribution in [0.25, 0.3) is 5.83 Å². The van der Waals surface area contributed by atoms with Gasteiger partial charge in [-0.1, -0.05) is 18.7 Å². The molecule has 0 fully saturated rings. The van der Waals surface area contributed by atoms with Gasteiger partial charge < -0.3 is 4.74 Å². The van der Waals surface area contributed by atoms with Gasteiger partial charge in [0.1, 0.15) is 5.83 Å². The molecular weight excluding hydrogens is 171 g/mol. The highest BCUT2D eigenvalue weighted by atomic mass is 19.1. The van der Waals surface area contributed by atoms with Crippen LogP contribution in [0, 0.1) is 0 Å². The van der Waals surface area contributed by atoms with E-state index in [0.29, 0.717) is 11.1 Å². The summed E-state index contributed by atoms with van der Waals surface area (Å²) in [6.45, 7) is 3.14. The molecule has 68 valence electrons. The Kier molecular flexibility index (Phi) is 2.80. The Balaban J connectivity index is 2.93. The van der Waals surface area contributed by atoms with Crippen LogP contribution < -0.4 is 0 Å². The minimum atomic E-state index is -0.517. The predicted molar refractivity (Wildman–Crippen MR) is 47.9 cm³/mol. The summed E-state index contributed by atoms with van der Waals surface area (Å²) in [4.78, 5) is 11.0. The average Bonchev–Trinajstić information content (AvgIpc) is 2.17. The molecule has 0 aliphatic heterocycles. The van der Waals surface area contributed by atoms with Crippen molar-refractivity contribution in [3.05, 3.63) is 42.0 Å². The first-order valence-corrected chi connectivity index (χ1v) is 3.68. The second-order valence-corrected chi connectivity index (χ2v) is 2.47. The molecule has 0 spiro atoms. The van der Waals surface area contributed by atoms with Crippen molar-refractivity contribution in [2.75, 3.05) is 7.11 Å². The highest BCUT2D eigenvalue weighted by Crippen LogP contribution is 2.14. The molecule has 0 aliphatic rings. The summed E-state index contributed by atoms with van der Waals surface area (Å²) in [6.07, 6.45) is 0. The van der Waals surface area contributed by atoms with Crippen molar-refractivity contribution >= 4 is 11.8 Å². The van der Waals surface area contributed by atoms with Gasteiger partial charge in [-0.05, 0) is 12.1 Å². The topological polar surface area (TPSA) is 26.3 Å². The second kappa shape index (κ2) is 3.85. The Bertz CT molecular complexity index is 327. The molecule has 0 radical (unpaired) electrons. The van der Waals surface area contributed by atoms with E-state index in [-0.39, 0.29) is 0 Å². The summed E-state index contributed by atoms with van der Waals surface area (Å²) < 4.78 is 17.0. The molecule has 0 saturated carbocycles. The summed E-state index contributed by atoms with van der Waals surface area (Å²) in [6, 6.07) is 5.95. The van der Waals surface area contributed by atoms with E-state index >= 15 is 0 Å². The van der Waals surface area contributed by atoms with Crippen LogP contribution in [0.3, 0.4) is 0 Å². The van der Waals surface area contributed by atoms with Crippen molar-refractivity contribution < 1.29 is 13.9 Å². The number of methoxy groups -OCH3 is 1. The van der Waals surface area contributed by atoms with Crippen molar-refractivity contribution in [2.24, 2.45) is 0 Å². The van der Waals surface area contributed by atoms with E-state index in [9.17, 15) is 9.18 Å². The van der Waals surface area contributed by atoms with Gasteiger partial charge in [0.15, 0.2) is 0 Å². The third-order valence-corrected chi connectivity index (χ3v) is 1.62. The fourth-order valence-electron chi connectivity index (χ4n) is 0.905. The number of halogens is 1. The van der Waals surface area contributed by atoms with Crippen molar-refractivity contribution in [2.45, 2.75) is 0 Å². The maximum absolute atomic E-state index is 12.5. The number of carbonyl (C=O) groups is 1. The van der Waals surface area contributed by atoms with Crippen LogP contribution >= 0.6 is 0 Å². The molecular formula is C10H9FO2. The molecule has 0 aliphatic carbocycles. The van der Waals surface area contributed by atoms with Crippen molar-refractivity contribution in [3.63, 3.8) is 0 Å². The van der Waals surface area contributed by atoms with Crippen LogP contribution in [0.1, 0.15) is 15.9 Å². The first kappa shape index (κ1) is 9.45. The van der Waals surface area contributed by atoms with Gasteiger partial charge in [-0.3, -0.25) is 0 Å². The third kappa shape index (κ3) is 2.15. The number of esters is 1. The first-order valence-electron chi connectivity index (χ1n) is 3.68. The molecule has 0 unspecified atom stereocenters. The number of hydrogen-bond acceptors (Lipinski definition) is 2. The van der Waals surface area contributed by atoms with Crippen LogP contribution in [0.2, 0.25) is 0 Å². The van der Waals surface area contributed by atoms with Crippen LogP contribution in [0.5, 0.6) is 0 Å². The maximum Gasteiger partial charge on any atom is 0.337 e. The smallest absolute Gasteiger partial charge is 0.337 e.